The van der Waals surface area contributed by atoms with Gasteiger partial charge >= 0.3 is 6.18 Å². The lowest BCUT2D eigenvalue weighted by Gasteiger charge is -2.17. The van der Waals surface area contributed by atoms with Crippen LogP contribution in [0.1, 0.15) is 28.4 Å². The Balaban J connectivity index is 2.34. The molecular weight excluding hydrogens is 283 g/mol. The number of aliphatic hydroxyl groups excluding tert-OH is 1. The third kappa shape index (κ3) is 3.59. The molecular formula is C15H14F3NO2. The second kappa shape index (κ2) is 6.24. The molecule has 1 aromatic heterocycles. The van der Waals surface area contributed by atoms with E-state index in [0.29, 0.717) is 12.2 Å². The first-order valence-corrected chi connectivity index (χ1v) is 6.20. The van der Waals surface area contributed by atoms with E-state index in [4.69, 9.17) is 4.74 Å². The smallest absolute Gasteiger partial charge is 0.384 e. The number of hydrogen-bond donors (Lipinski definition) is 1. The van der Waals surface area contributed by atoms with E-state index in [2.05, 4.69) is 4.98 Å². The maximum atomic E-state index is 12.9. The molecule has 1 heterocycles. The predicted octanol–water partition coefficient (Wildman–Crippen LogP) is 3.33. The Morgan fingerprint density at radius 3 is 2.43 bits per heavy atom. The monoisotopic (exact) mass is 297 g/mol. The van der Waals surface area contributed by atoms with Gasteiger partial charge in [-0.25, -0.2) is 0 Å². The fourth-order valence-electron chi connectivity index (χ4n) is 2.03. The number of benzene rings is 1. The summed E-state index contributed by atoms with van der Waals surface area (Å²) in [5, 5.41) is 10.2. The minimum Gasteiger partial charge on any atom is -0.384 e. The molecule has 6 heteroatoms. The molecule has 0 aliphatic carbocycles. The van der Waals surface area contributed by atoms with E-state index in [-0.39, 0.29) is 5.56 Å². The van der Waals surface area contributed by atoms with Gasteiger partial charge in [0.25, 0.3) is 0 Å². The Morgan fingerprint density at radius 1 is 1.19 bits per heavy atom. The summed E-state index contributed by atoms with van der Waals surface area (Å²) in [7, 11) is 1.55. The number of rotatable bonds is 4. The van der Waals surface area contributed by atoms with Crippen molar-refractivity contribution in [1.29, 1.82) is 0 Å². The maximum absolute atomic E-state index is 12.9. The van der Waals surface area contributed by atoms with E-state index in [1.54, 1.807) is 31.4 Å². The Hall–Kier alpha value is -1.92. The quantitative estimate of drug-likeness (QED) is 0.941. The van der Waals surface area contributed by atoms with Crippen LogP contribution in [0.2, 0.25) is 0 Å². The Kier molecular flexibility index (Phi) is 4.59. The highest BCUT2D eigenvalue weighted by Crippen LogP contribution is 2.35. The molecule has 1 aromatic carbocycles. The van der Waals surface area contributed by atoms with E-state index < -0.39 is 17.8 Å². The topological polar surface area (TPSA) is 42.4 Å². The molecule has 1 atom stereocenters. The summed E-state index contributed by atoms with van der Waals surface area (Å²) in [5.74, 6) is 0. The SMILES string of the molecule is COCc1ccc(C(O)c2cnccc2C(F)(F)F)cc1. The van der Waals surface area contributed by atoms with Crippen LogP contribution in [0, 0.1) is 0 Å². The van der Waals surface area contributed by atoms with Gasteiger partial charge in [0.05, 0.1) is 12.2 Å². The minimum absolute atomic E-state index is 0.260. The lowest BCUT2D eigenvalue weighted by Crippen LogP contribution is -2.13. The van der Waals surface area contributed by atoms with Gasteiger partial charge in [0.2, 0.25) is 0 Å². The van der Waals surface area contributed by atoms with Gasteiger partial charge in [-0.2, -0.15) is 13.2 Å². The van der Waals surface area contributed by atoms with Crippen molar-refractivity contribution < 1.29 is 23.0 Å². The summed E-state index contributed by atoms with van der Waals surface area (Å²) >= 11 is 0. The van der Waals surface area contributed by atoms with E-state index in [1.165, 1.54) is 0 Å². The molecule has 3 nitrogen and oxygen atoms in total. The van der Waals surface area contributed by atoms with Gasteiger partial charge in [0.1, 0.15) is 6.10 Å². The average molecular weight is 297 g/mol. The van der Waals surface area contributed by atoms with Gasteiger partial charge in [-0.1, -0.05) is 24.3 Å². The van der Waals surface area contributed by atoms with Crippen molar-refractivity contribution in [2.24, 2.45) is 0 Å². The first-order chi connectivity index (χ1) is 9.93. The van der Waals surface area contributed by atoms with E-state index >= 15 is 0 Å². The Bertz CT molecular complexity index is 597. The van der Waals surface area contributed by atoms with Crippen LogP contribution in [-0.2, 0) is 17.5 Å². The molecule has 2 aromatic rings. The van der Waals surface area contributed by atoms with Crippen molar-refractivity contribution in [3.8, 4) is 0 Å². The van der Waals surface area contributed by atoms with Gasteiger partial charge in [-0.3, -0.25) is 4.98 Å². The van der Waals surface area contributed by atoms with Crippen LogP contribution in [0.25, 0.3) is 0 Å². The number of halogens is 3. The number of alkyl halides is 3. The van der Waals surface area contributed by atoms with Crippen molar-refractivity contribution in [3.05, 3.63) is 65.0 Å². The van der Waals surface area contributed by atoms with Crippen LogP contribution in [0.4, 0.5) is 13.2 Å². The van der Waals surface area contributed by atoms with Crippen molar-refractivity contribution in [1.82, 2.24) is 4.98 Å². The van der Waals surface area contributed by atoms with Crippen LogP contribution in [0.5, 0.6) is 0 Å². The zero-order chi connectivity index (χ0) is 15.5. The van der Waals surface area contributed by atoms with Gasteiger partial charge in [-0.05, 0) is 17.2 Å². The third-order valence-corrected chi connectivity index (χ3v) is 3.06. The van der Waals surface area contributed by atoms with Gasteiger partial charge in [0, 0.05) is 25.1 Å². The fraction of sp³-hybridized carbons (Fsp3) is 0.267. The molecule has 0 radical (unpaired) electrons. The van der Waals surface area contributed by atoms with Crippen molar-refractivity contribution >= 4 is 0 Å². The Morgan fingerprint density at radius 2 is 1.86 bits per heavy atom. The highest BCUT2D eigenvalue weighted by atomic mass is 19.4. The minimum atomic E-state index is -4.53. The lowest BCUT2D eigenvalue weighted by molar-refractivity contribution is -0.139. The summed E-state index contributed by atoms with van der Waals surface area (Å²) in [6.07, 6.45) is -3.82. The molecule has 112 valence electrons. The summed E-state index contributed by atoms with van der Waals surface area (Å²) in [6, 6.07) is 7.41. The van der Waals surface area contributed by atoms with E-state index in [9.17, 15) is 18.3 Å². The number of nitrogens with zero attached hydrogens (tertiary/aromatic N) is 1. The number of ether oxygens (including phenoxy) is 1. The van der Waals surface area contributed by atoms with Crippen molar-refractivity contribution in [3.63, 3.8) is 0 Å². The molecule has 0 saturated carbocycles. The third-order valence-electron chi connectivity index (χ3n) is 3.06. The molecule has 0 bridgehead atoms. The van der Waals surface area contributed by atoms with E-state index in [0.717, 1.165) is 24.0 Å². The largest absolute Gasteiger partial charge is 0.416 e. The normalized spacial score (nSPS) is 13.2. The summed E-state index contributed by atoms with van der Waals surface area (Å²) < 4.78 is 43.8. The van der Waals surface area contributed by atoms with Crippen LogP contribution >= 0.6 is 0 Å². The zero-order valence-corrected chi connectivity index (χ0v) is 11.3. The van der Waals surface area contributed by atoms with Crippen LogP contribution in [0.15, 0.2) is 42.7 Å². The summed E-state index contributed by atoms with van der Waals surface area (Å²) in [5.41, 5.74) is 0.0968. The molecule has 1 N–H and O–H groups in total. The van der Waals surface area contributed by atoms with E-state index in [1.807, 2.05) is 0 Å². The first kappa shape index (κ1) is 15.5. The van der Waals surface area contributed by atoms with Gasteiger partial charge in [-0.15, -0.1) is 0 Å². The molecule has 0 fully saturated rings. The molecule has 0 aliphatic rings. The second-order valence-electron chi connectivity index (χ2n) is 4.54. The standard InChI is InChI=1S/C15H14F3NO2/c1-21-9-10-2-4-11(5-3-10)14(20)12-8-19-7-6-13(12)15(16,17)18/h2-8,14,20H,9H2,1H3. The van der Waals surface area contributed by atoms with Gasteiger partial charge in [0.15, 0.2) is 0 Å². The highest BCUT2D eigenvalue weighted by molar-refractivity contribution is 5.36. The maximum Gasteiger partial charge on any atom is 0.416 e. The predicted molar refractivity (Wildman–Crippen MR) is 70.5 cm³/mol. The van der Waals surface area contributed by atoms with Crippen molar-refractivity contribution in [2.45, 2.75) is 18.9 Å². The van der Waals surface area contributed by atoms with Crippen LogP contribution in [0.3, 0.4) is 0 Å². The first-order valence-electron chi connectivity index (χ1n) is 6.20. The number of hydrogen-bond acceptors (Lipinski definition) is 3. The average Bonchev–Trinajstić information content (AvgIpc) is 2.47. The molecule has 0 amide bonds. The fourth-order valence-corrected chi connectivity index (χ4v) is 2.03. The van der Waals surface area contributed by atoms with Crippen molar-refractivity contribution in [2.75, 3.05) is 7.11 Å². The second-order valence-corrected chi connectivity index (χ2v) is 4.54. The molecule has 0 saturated heterocycles. The molecule has 1 unspecified atom stereocenters. The number of pyridine rings is 1. The number of aliphatic hydroxyl groups is 1. The van der Waals surface area contributed by atoms with Gasteiger partial charge < -0.3 is 9.84 Å². The molecule has 0 aliphatic heterocycles. The molecule has 2 rings (SSSR count). The van der Waals surface area contributed by atoms with Crippen LogP contribution in [-0.4, -0.2) is 17.2 Å². The lowest BCUT2D eigenvalue weighted by atomic mass is 9.98. The zero-order valence-electron chi connectivity index (χ0n) is 11.3. The number of aromatic nitrogens is 1. The van der Waals surface area contributed by atoms with Crippen LogP contribution < -0.4 is 0 Å². The summed E-state index contributed by atoms with van der Waals surface area (Å²) in [6.45, 7) is 0.400. The Labute approximate surface area is 120 Å². The number of methoxy groups -OCH3 is 1. The summed E-state index contributed by atoms with van der Waals surface area (Å²) in [4.78, 5) is 3.67. The highest BCUT2D eigenvalue weighted by Gasteiger charge is 2.35. The molecule has 21 heavy (non-hydrogen) atoms. The molecule has 0 spiro atoms.